The fourth-order valence-electron chi connectivity index (χ4n) is 3.24. The van der Waals surface area contributed by atoms with Crippen molar-refractivity contribution in [3.63, 3.8) is 0 Å². The Balaban J connectivity index is 1.79. The molecule has 2 aromatic rings. The second kappa shape index (κ2) is 5.74. The van der Waals surface area contributed by atoms with Crippen LogP contribution in [0.1, 0.15) is 38.3 Å². The fourth-order valence-corrected chi connectivity index (χ4v) is 3.24. The zero-order chi connectivity index (χ0) is 13.9. The summed E-state index contributed by atoms with van der Waals surface area (Å²) >= 11 is 0. The van der Waals surface area contributed by atoms with Crippen LogP contribution in [-0.4, -0.2) is 10.8 Å². The molecule has 1 aliphatic rings. The quantitative estimate of drug-likeness (QED) is 0.835. The summed E-state index contributed by atoms with van der Waals surface area (Å²) in [5.74, 6) is 1.34. The lowest BCUT2D eigenvalue weighted by Crippen LogP contribution is -2.26. The van der Waals surface area contributed by atoms with E-state index in [2.05, 4.69) is 25.1 Å². The average molecular weight is 267 g/mol. The van der Waals surface area contributed by atoms with E-state index in [-0.39, 0.29) is 5.92 Å². The van der Waals surface area contributed by atoms with Gasteiger partial charge in [-0.2, -0.15) is 0 Å². The van der Waals surface area contributed by atoms with Gasteiger partial charge in [0, 0.05) is 23.4 Å². The highest BCUT2D eigenvalue weighted by molar-refractivity contribution is 5.82. The first-order valence-corrected chi connectivity index (χ1v) is 7.63. The number of fused-ring (bicyclic) bond motifs is 1. The molecule has 1 heterocycles. The van der Waals surface area contributed by atoms with Gasteiger partial charge in [0.05, 0.1) is 5.52 Å². The molecule has 1 aromatic heterocycles. The second-order valence-electron chi connectivity index (χ2n) is 5.91. The maximum Gasteiger partial charge on any atom is 0.136 e. The minimum absolute atomic E-state index is 0.183. The van der Waals surface area contributed by atoms with Crippen LogP contribution in [-0.2, 0) is 11.2 Å². The maximum atomic E-state index is 12.1. The lowest BCUT2D eigenvalue weighted by atomic mass is 9.77. The maximum absolute atomic E-state index is 12.1. The van der Waals surface area contributed by atoms with Crippen molar-refractivity contribution in [3.05, 3.63) is 42.1 Å². The number of hydrogen-bond donors (Lipinski definition) is 0. The number of hydrogen-bond acceptors (Lipinski definition) is 2. The summed E-state index contributed by atoms with van der Waals surface area (Å²) in [6.45, 7) is 2.23. The minimum atomic E-state index is 0.183. The van der Waals surface area contributed by atoms with Crippen LogP contribution in [0.4, 0.5) is 0 Å². The molecule has 20 heavy (non-hydrogen) atoms. The molecule has 0 amide bonds. The van der Waals surface area contributed by atoms with Crippen LogP contribution in [0.15, 0.2) is 36.4 Å². The lowest BCUT2D eigenvalue weighted by Gasteiger charge is -2.27. The van der Waals surface area contributed by atoms with Gasteiger partial charge in [-0.3, -0.25) is 9.78 Å². The van der Waals surface area contributed by atoms with Gasteiger partial charge in [-0.1, -0.05) is 37.6 Å². The van der Waals surface area contributed by atoms with Crippen LogP contribution < -0.4 is 0 Å². The van der Waals surface area contributed by atoms with Gasteiger partial charge in [0.25, 0.3) is 0 Å². The molecule has 2 nitrogen and oxygen atoms in total. The number of pyridine rings is 1. The molecule has 1 fully saturated rings. The van der Waals surface area contributed by atoms with Crippen molar-refractivity contribution in [1.29, 1.82) is 0 Å². The smallest absolute Gasteiger partial charge is 0.136 e. The predicted octanol–water partition coefficient (Wildman–Crippen LogP) is 4.17. The Kier molecular flexibility index (Phi) is 3.81. The van der Waals surface area contributed by atoms with Crippen LogP contribution in [0.2, 0.25) is 0 Å². The number of ketones is 1. The summed E-state index contributed by atoms with van der Waals surface area (Å²) in [6.07, 6.45) is 4.88. The van der Waals surface area contributed by atoms with Crippen molar-refractivity contribution in [2.24, 2.45) is 11.8 Å². The standard InChI is InChI=1S/C18H21NO/c1-2-13-7-10-18(20)15(11-13)12-16-9-8-14-5-3-4-6-17(14)19-16/h3-6,8-9,13,15H,2,7,10-12H2,1H3. The Bertz CT molecular complexity index is 620. The molecule has 0 radical (unpaired) electrons. The first-order chi connectivity index (χ1) is 9.76. The van der Waals surface area contributed by atoms with Crippen LogP contribution in [0.3, 0.4) is 0 Å². The predicted molar refractivity (Wildman–Crippen MR) is 81.6 cm³/mol. The lowest BCUT2D eigenvalue weighted by molar-refractivity contribution is -0.125. The van der Waals surface area contributed by atoms with Crippen molar-refractivity contribution in [1.82, 2.24) is 4.98 Å². The van der Waals surface area contributed by atoms with Crippen LogP contribution in [0.5, 0.6) is 0 Å². The van der Waals surface area contributed by atoms with Gasteiger partial charge in [0.15, 0.2) is 0 Å². The third-order valence-electron chi connectivity index (χ3n) is 4.56. The summed E-state index contributed by atoms with van der Waals surface area (Å²) in [4.78, 5) is 16.8. The molecule has 1 saturated carbocycles. The van der Waals surface area contributed by atoms with Gasteiger partial charge >= 0.3 is 0 Å². The Hall–Kier alpha value is -1.70. The molecule has 2 heteroatoms. The van der Waals surface area contributed by atoms with E-state index in [1.807, 2.05) is 18.2 Å². The van der Waals surface area contributed by atoms with Gasteiger partial charge in [0.2, 0.25) is 0 Å². The molecule has 0 aliphatic heterocycles. The number of rotatable bonds is 3. The summed E-state index contributed by atoms with van der Waals surface area (Å²) in [5.41, 5.74) is 2.08. The molecule has 2 atom stereocenters. The van der Waals surface area contributed by atoms with E-state index in [0.29, 0.717) is 5.78 Å². The first kappa shape index (κ1) is 13.3. The van der Waals surface area contributed by atoms with E-state index in [1.165, 1.54) is 6.42 Å². The van der Waals surface area contributed by atoms with Crippen LogP contribution in [0, 0.1) is 11.8 Å². The Labute approximate surface area is 120 Å². The average Bonchev–Trinajstić information content (AvgIpc) is 2.49. The van der Waals surface area contributed by atoms with E-state index in [1.54, 1.807) is 0 Å². The summed E-state index contributed by atoms with van der Waals surface area (Å²) in [5, 5.41) is 1.16. The van der Waals surface area contributed by atoms with E-state index < -0.39 is 0 Å². The van der Waals surface area contributed by atoms with Crippen LogP contribution >= 0.6 is 0 Å². The largest absolute Gasteiger partial charge is 0.299 e. The van der Waals surface area contributed by atoms with Gasteiger partial charge < -0.3 is 0 Å². The SMILES string of the molecule is CCC1CCC(=O)C(Cc2ccc3ccccc3n2)C1. The van der Waals surface area contributed by atoms with E-state index in [4.69, 9.17) is 4.98 Å². The number of nitrogens with zero attached hydrogens (tertiary/aromatic N) is 1. The zero-order valence-electron chi connectivity index (χ0n) is 12.0. The van der Waals surface area contributed by atoms with Crippen molar-refractivity contribution in [2.45, 2.75) is 39.0 Å². The molecular formula is C18H21NO. The highest BCUT2D eigenvalue weighted by atomic mass is 16.1. The fraction of sp³-hybridized carbons (Fsp3) is 0.444. The Morgan fingerprint density at radius 2 is 2.05 bits per heavy atom. The van der Waals surface area contributed by atoms with Crippen molar-refractivity contribution < 1.29 is 4.79 Å². The molecule has 1 aromatic carbocycles. The molecule has 0 spiro atoms. The molecule has 104 valence electrons. The molecule has 1 aliphatic carbocycles. The number of para-hydroxylation sites is 1. The summed E-state index contributed by atoms with van der Waals surface area (Å²) in [7, 11) is 0. The summed E-state index contributed by atoms with van der Waals surface area (Å²) in [6, 6.07) is 12.3. The highest BCUT2D eigenvalue weighted by Crippen LogP contribution is 2.30. The van der Waals surface area contributed by atoms with Gasteiger partial charge in [0.1, 0.15) is 5.78 Å². The number of carbonyl (C=O) groups excluding carboxylic acids is 1. The zero-order valence-corrected chi connectivity index (χ0v) is 12.0. The number of aromatic nitrogens is 1. The molecule has 2 unspecified atom stereocenters. The third kappa shape index (κ3) is 2.74. The number of benzene rings is 1. The van der Waals surface area contributed by atoms with Crippen molar-refractivity contribution >= 4 is 16.7 Å². The normalized spacial score (nSPS) is 23.1. The first-order valence-electron chi connectivity index (χ1n) is 7.63. The number of Topliss-reactive ketones (excluding diaryl/α,β-unsaturated/α-hetero) is 1. The van der Waals surface area contributed by atoms with E-state index >= 15 is 0 Å². The molecule has 0 saturated heterocycles. The van der Waals surface area contributed by atoms with Crippen LogP contribution in [0.25, 0.3) is 10.9 Å². The van der Waals surface area contributed by atoms with Gasteiger partial charge in [-0.25, -0.2) is 0 Å². The molecule has 3 rings (SSSR count). The molecule has 0 bridgehead atoms. The molecule has 0 N–H and O–H groups in total. The van der Waals surface area contributed by atoms with Crippen molar-refractivity contribution in [3.8, 4) is 0 Å². The summed E-state index contributed by atoms with van der Waals surface area (Å²) < 4.78 is 0. The van der Waals surface area contributed by atoms with Gasteiger partial charge in [-0.05, 0) is 37.3 Å². The Morgan fingerprint density at radius 1 is 1.20 bits per heavy atom. The van der Waals surface area contributed by atoms with E-state index in [0.717, 1.165) is 48.2 Å². The second-order valence-corrected chi connectivity index (χ2v) is 5.91. The number of carbonyl (C=O) groups is 1. The Morgan fingerprint density at radius 3 is 2.90 bits per heavy atom. The third-order valence-corrected chi connectivity index (χ3v) is 4.56. The minimum Gasteiger partial charge on any atom is -0.299 e. The molecular weight excluding hydrogens is 246 g/mol. The van der Waals surface area contributed by atoms with Gasteiger partial charge in [-0.15, -0.1) is 0 Å². The monoisotopic (exact) mass is 267 g/mol. The van der Waals surface area contributed by atoms with E-state index in [9.17, 15) is 4.79 Å². The van der Waals surface area contributed by atoms with Crippen molar-refractivity contribution in [2.75, 3.05) is 0 Å². The topological polar surface area (TPSA) is 30.0 Å². The highest BCUT2D eigenvalue weighted by Gasteiger charge is 2.28.